The highest BCUT2D eigenvalue weighted by Crippen LogP contribution is 2.24. The molecule has 0 saturated heterocycles. The van der Waals surface area contributed by atoms with E-state index in [1.165, 1.54) is 11.3 Å². The second kappa shape index (κ2) is 6.88. The van der Waals surface area contributed by atoms with Crippen LogP contribution in [0.2, 0.25) is 0 Å². The van der Waals surface area contributed by atoms with Crippen LogP contribution < -0.4 is 4.74 Å². The molecule has 0 aliphatic rings. The molecule has 0 unspecified atom stereocenters. The molecule has 108 valence electrons. The summed E-state index contributed by atoms with van der Waals surface area (Å²) in [5.41, 5.74) is 3.09. The summed E-state index contributed by atoms with van der Waals surface area (Å²) in [6.07, 6.45) is 0.364. The lowest BCUT2D eigenvalue weighted by molar-refractivity contribution is 0.306. The van der Waals surface area contributed by atoms with Gasteiger partial charge in [-0.2, -0.15) is 5.26 Å². The van der Waals surface area contributed by atoms with Gasteiger partial charge in [-0.1, -0.05) is 30.3 Å². The van der Waals surface area contributed by atoms with E-state index < -0.39 is 0 Å². The minimum Gasteiger partial charge on any atom is -0.489 e. The summed E-state index contributed by atoms with van der Waals surface area (Å²) in [6.45, 7) is 0.559. The summed E-state index contributed by atoms with van der Waals surface area (Å²) in [5, 5.41) is 11.5. The van der Waals surface area contributed by atoms with Gasteiger partial charge in [0.05, 0.1) is 18.2 Å². The average Bonchev–Trinajstić information content (AvgIpc) is 3.03. The summed E-state index contributed by atoms with van der Waals surface area (Å²) >= 11 is 1.52. The molecule has 1 heterocycles. The van der Waals surface area contributed by atoms with Gasteiger partial charge in [0.1, 0.15) is 17.4 Å². The molecule has 3 rings (SSSR count). The average molecular weight is 306 g/mol. The maximum absolute atomic E-state index is 8.69. The Morgan fingerprint density at radius 3 is 2.55 bits per heavy atom. The van der Waals surface area contributed by atoms with Crippen molar-refractivity contribution in [3.63, 3.8) is 0 Å². The van der Waals surface area contributed by atoms with Gasteiger partial charge < -0.3 is 4.74 Å². The van der Waals surface area contributed by atoms with Crippen LogP contribution in [0.15, 0.2) is 60.0 Å². The van der Waals surface area contributed by atoms with Crippen LogP contribution >= 0.6 is 11.3 Å². The van der Waals surface area contributed by atoms with Crippen LogP contribution in [-0.4, -0.2) is 4.98 Å². The van der Waals surface area contributed by atoms with E-state index in [-0.39, 0.29) is 0 Å². The molecule has 0 aliphatic heterocycles. The summed E-state index contributed by atoms with van der Waals surface area (Å²) in [4.78, 5) is 4.45. The number of hydrogen-bond acceptors (Lipinski definition) is 4. The molecule has 3 aromatic rings. The van der Waals surface area contributed by atoms with Gasteiger partial charge >= 0.3 is 0 Å². The molecule has 3 nitrogen and oxygen atoms in total. The monoisotopic (exact) mass is 306 g/mol. The van der Waals surface area contributed by atoms with E-state index in [1.807, 2.05) is 60.0 Å². The van der Waals surface area contributed by atoms with Crippen molar-refractivity contribution in [1.29, 1.82) is 5.26 Å². The number of benzene rings is 2. The Morgan fingerprint density at radius 1 is 1.05 bits per heavy atom. The summed E-state index contributed by atoms with van der Waals surface area (Å²) in [6, 6.07) is 20.1. The fourth-order valence-corrected chi connectivity index (χ4v) is 2.79. The third-order valence-electron chi connectivity index (χ3n) is 3.18. The van der Waals surface area contributed by atoms with Crippen LogP contribution in [0.4, 0.5) is 0 Å². The molecule has 0 amide bonds. The molecule has 2 aromatic carbocycles. The first-order chi connectivity index (χ1) is 10.8. The predicted molar refractivity (Wildman–Crippen MR) is 87.6 cm³/mol. The van der Waals surface area contributed by atoms with Crippen LogP contribution in [0.5, 0.6) is 5.75 Å². The standard InChI is InChI=1S/C18H14N2OS/c19-11-10-18-20-17(13-22-18)15-6-8-16(9-7-15)21-12-14-4-2-1-3-5-14/h1-9,13H,10,12H2. The Morgan fingerprint density at radius 2 is 1.82 bits per heavy atom. The lowest BCUT2D eigenvalue weighted by atomic mass is 10.2. The van der Waals surface area contributed by atoms with Crippen molar-refractivity contribution >= 4 is 11.3 Å². The van der Waals surface area contributed by atoms with Crippen molar-refractivity contribution in [2.45, 2.75) is 13.0 Å². The van der Waals surface area contributed by atoms with Crippen molar-refractivity contribution in [2.75, 3.05) is 0 Å². The first kappa shape index (κ1) is 14.3. The Labute approximate surface area is 133 Å². The molecular formula is C18H14N2OS. The Bertz CT molecular complexity index is 773. The van der Waals surface area contributed by atoms with Gasteiger partial charge in [-0.25, -0.2) is 4.98 Å². The van der Waals surface area contributed by atoms with Crippen molar-refractivity contribution in [3.05, 3.63) is 70.5 Å². The molecule has 0 atom stereocenters. The van der Waals surface area contributed by atoms with E-state index in [9.17, 15) is 0 Å². The minimum absolute atomic E-state index is 0.364. The zero-order chi connectivity index (χ0) is 15.2. The first-order valence-electron chi connectivity index (χ1n) is 6.93. The van der Waals surface area contributed by atoms with Gasteiger partial charge in [0.25, 0.3) is 0 Å². The van der Waals surface area contributed by atoms with Gasteiger partial charge in [0, 0.05) is 10.9 Å². The number of thiazole rings is 1. The lowest BCUT2D eigenvalue weighted by Crippen LogP contribution is -1.94. The maximum atomic E-state index is 8.69. The van der Waals surface area contributed by atoms with E-state index in [0.717, 1.165) is 27.6 Å². The second-order valence-corrected chi connectivity index (χ2v) is 5.70. The molecule has 22 heavy (non-hydrogen) atoms. The van der Waals surface area contributed by atoms with Gasteiger partial charge in [-0.3, -0.25) is 0 Å². The highest BCUT2D eigenvalue weighted by molar-refractivity contribution is 7.10. The fourth-order valence-electron chi connectivity index (χ4n) is 2.06. The van der Waals surface area contributed by atoms with E-state index >= 15 is 0 Å². The van der Waals surface area contributed by atoms with Crippen LogP contribution in [-0.2, 0) is 13.0 Å². The number of rotatable bonds is 5. The molecule has 0 saturated carbocycles. The van der Waals surface area contributed by atoms with Gasteiger partial charge in [-0.15, -0.1) is 11.3 Å². The lowest BCUT2D eigenvalue weighted by Gasteiger charge is -2.06. The molecule has 4 heteroatoms. The SMILES string of the molecule is N#CCc1nc(-c2ccc(OCc3ccccc3)cc2)cs1. The van der Waals surface area contributed by atoms with Crippen LogP contribution in [0.3, 0.4) is 0 Å². The molecular weight excluding hydrogens is 292 g/mol. The fraction of sp³-hybridized carbons (Fsp3) is 0.111. The Kier molecular flexibility index (Phi) is 4.47. The number of ether oxygens (including phenoxy) is 1. The molecule has 0 bridgehead atoms. The molecule has 0 N–H and O–H groups in total. The molecule has 0 aliphatic carbocycles. The van der Waals surface area contributed by atoms with Gasteiger partial charge in [-0.05, 0) is 29.8 Å². The smallest absolute Gasteiger partial charge is 0.119 e. The highest BCUT2D eigenvalue weighted by Gasteiger charge is 2.04. The second-order valence-electron chi connectivity index (χ2n) is 4.76. The zero-order valence-corrected chi connectivity index (χ0v) is 12.7. The Balaban J connectivity index is 1.66. The van der Waals surface area contributed by atoms with Crippen molar-refractivity contribution in [1.82, 2.24) is 4.98 Å². The van der Waals surface area contributed by atoms with Crippen molar-refractivity contribution in [2.24, 2.45) is 0 Å². The third-order valence-corrected chi connectivity index (χ3v) is 4.03. The Hall–Kier alpha value is -2.64. The quantitative estimate of drug-likeness (QED) is 0.699. The van der Waals surface area contributed by atoms with Crippen LogP contribution in [0.25, 0.3) is 11.3 Å². The molecule has 1 aromatic heterocycles. The molecule has 0 radical (unpaired) electrons. The van der Waals surface area contributed by atoms with Gasteiger partial charge in [0.15, 0.2) is 0 Å². The number of hydrogen-bond donors (Lipinski definition) is 0. The summed E-state index contributed by atoms with van der Waals surface area (Å²) < 4.78 is 5.77. The van der Waals surface area contributed by atoms with Crippen molar-refractivity contribution in [3.8, 4) is 23.1 Å². The maximum Gasteiger partial charge on any atom is 0.119 e. The van der Waals surface area contributed by atoms with Gasteiger partial charge in [0.2, 0.25) is 0 Å². The summed E-state index contributed by atoms with van der Waals surface area (Å²) in [5.74, 6) is 0.833. The first-order valence-corrected chi connectivity index (χ1v) is 7.81. The zero-order valence-electron chi connectivity index (χ0n) is 11.9. The topological polar surface area (TPSA) is 45.9 Å². The van der Waals surface area contributed by atoms with Crippen LogP contribution in [0, 0.1) is 11.3 Å². The highest BCUT2D eigenvalue weighted by atomic mass is 32.1. The third kappa shape index (κ3) is 3.51. The van der Waals surface area contributed by atoms with E-state index in [0.29, 0.717) is 13.0 Å². The minimum atomic E-state index is 0.364. The van der Waals surface area contributed by atoms with E-state index in [1.54, 1.807) is 0 Å². The van der Waals surface area contributed by atoms with Crippen LogP contribution in [0.1, 0.15) is 10.6 Å². The van der Waals surface area contributed by atoms with Crippen molar-refractivity contribution < 1.29 is 4.74 Å². The normalized spacial score (nSPS) is 10.1. The molecule has 0 spiro atoms. The number of nitriles is 1. The predicted octanol–water partition coefficient (Wildman–Crippen LogP) is 4.46. The number of nitrogens with zero attached hydrogens (tertiary/aromatic N) is 2. The summed E-state index contributed by atoms with van der Waals surface area (Å²) in [7, 11) is 0. The van der Waals surface area contributed by atoms with E-state index in [2.05, 4.69) is 11.1 Å². The largest absolute Gasteiger partial charge is 0.489 e. The number of aromatic nitrogens is 1. The molecule has 0 fully saturated rings. The van der Waals surface area contributed by atoms with E-state index in [4.69, 9.17) is 10.00 Å².